The molecular weight excluding hydrogens is 250 g/mol. The number of phenols is 2. The molecule has 1 rings (SSSR count). The molecule has 0 aliphatic rings. The van der Waals surface area contributed by atoms with Gasteiger partial charge in [-0.25, -0.2) is 0 Å². The summed E-state index contributed by atoms with van der Waals surface area (Å²) in [6.45, 7) is 2.03. The van der Waals surface area contributed by atoms with Crippen LogP contribution >= 0.6 is 11.8 Å². The second-order valence-electron chi connectivity index (χ2n) is 4.13. The third-order valence-electron chi connectivity index (χ3n) is 2.91. The van der Waals surface area contributed by atoms with Gasteiger partial charge in [-0.1, -0.05) is 6.92 Å². The Morgan fingerprint density at radius 2 is 2.11 bits per heavy atom. The second-order valence-corrected chi connectivity index (χ2v) is 5.05. The number of benzene rings is 1. The first-order valence-electron chi connectivity index (χ1n) is 5.79. The monoisotopic (exact) mass is 269 g/mol. The van der Waals surface area contributed by atoms with Crippen LogP contribution in [0.25, 0.3) is 0 Å². The summed E-state index contributed by atoms with van der Waals surface area (Å²) < 4.78 is 0. The highest BCUT2D eigenvalue weighted by molar-refractivity contribution is 7.98. The lowest BCUT2D eigenvalue weighted by Gasteiger charge is -2.27. The number of hydrogen-bond donors (Lipinski definition) is 2. The predicted molar refractivity (Wildman–Crippen MR) is 74.3 cm³/mol. The minimum atomic E-state index is -0.228. The maximum atomic E-state index is 12.2. The van der Waals surface area contributed by atoms with Gasteiger partial charge in [0.1, 0.15) is 11.5 Å². The molecule has 0 bridgehead atoms. The van der Waals surface area contributed by atoms with E-state index in [1.54, 1.807) is 23.7 Å². The van der Waals surface area contributed by atoms with Gasteiger partial charge in [0.15, 0.2) is 0 Å². The number of phenolic OH excluding ortho intramolecular Hbond substituents is 2. The van der Waals surface area contributed by atoms with E-state index in [0.717, 1.165) is 12.2 Å². The molecule has 1 unspecified atom stereocenters. The number of hydrogen-bond acceptors (Lipinski definition) is 4. The van der Waals surface area contributed by atoms with Crippen LogP contribution in [0.15, 0.2) is 18.2 Å². The summed E-state index contributed by atoms with van der Waals surface area (Å²) in [7, 11) is 1.74. The van der Waals surface area contributed by atoms with Gasteiger partial charge in [-0.05, 0) is 24.8 Å². The zero-order chi connectivity index (χ0) is 13.7. The highest BCUT2D eigenvalue weighted by atomic mass is 32.2. The van der Waals surface area contributed by atoms with Crippen molar-refractivity contribution in [2.24, 2.45) is 0 Å². The molecule has 0 radical (unpaired) electrons. The zero-order valence-electron chi connectivity index (χ0n) is 10.9. The summed E-state index contributed by atoms with van der Waals surface area (Å²) in [6.07, 6.45) is 2.86. The standard InChI is InChI=1S/C13H19NO3S/c1-4-9(8-18-3)14(2)13(17)11-6-5-10(15)7-12(11)16/h5-7,9,15-16H,4,8H2,1-3H3. The lowest BCUT2D eigenvalue weighted by molar-refractivity contribution is 0.0740. The van der Waals surface area contributed by atoms with E-state index in [2.05, 4.69) is 0 Å². The maximum absolute atomic E-state index is 12.2. The Hall–Kier alpha value is -1.36. The van der Waals surface area contributed by atoms with E-state index in [-0.39, 0.29) is 29.0 Å². The molecule has 0 spiro atoms. The molecule has 1 aromatic carbocycles. The van der Waals surface area contributed by atoms with Crippen molar-refractivity contribution in [3.05, 3.63) is 23.8 Å². The largest absolute Gasteiger partial charge is 0.508 e. The number of aromatic hydroxyl groups is 2. The van der Waals surface area contributed by atoms with Crippen LogP contribution in [0.1, 0.15) is 23.7 Å². The van der Waals surface area contributed by atoms with Crippen LogP contribution in [0.2, 0.25) is 0 Å². The quantitative estimate of drug-likeness (QED) is 0.861. The Balaban J connectivity index is 2.91. The van der Waals surface area contributed by atoms with Gasteiger partial charge in [-0.2, -0.15) is 11.8 Å². The van der Waals surface area contributed by atoms with Crippen molar-refractivity contribution in [1.82, 2.24) is 4.90 Å². The molecule has 0 aliphatic carbocycles. The van der Waals surface area contributed by atoms with E-state index in [1.807, 2.05) is 13.2 Å². The highest BCUT2D eigenvalue weighted by Crippen LogP contribution is 2.24. The van der Waals surface area contributed by atoms with Gasteiger partial charge in [-0.3, -0.25) is 4.79 Å². The van der Waals surface area contributed by atoms with Crippen LogP contribution in [0, 0.1) is 0 Å². The first-order valence-corrected chi connectivity index (χ1v) is 7.18. The number of carbonyl (C=O) groups is 1. The topological polar surface area (TPSA) is 60.8 Å². The van der Waals surface area contributed by atoms with Crippen molar-refractivity contribution in [2.45, 2.75) is 19.4 Å². The Labute approximate surface area is 112 Å². The van der Waals surface area contributed by atoms with Crippen molar-refractivity contribution in [2.75, 3.05) is 19.1 Å². The SMILES string of the molecule is CCC(CSC)N(C)C(=O)c1ccc(O)cc1O. The second kappa shape index (κ2) is 6.54. The fourth-order valence-corrected chi connectivity index (χ4v) is 2.60. The van der Waals surface area contributed by atoms with Gasteiger partial charge < -0.3 is 15.1 Å². The van der Waals surface area contributed by atoms with E-state index in [1.165, 1.54) is 18.2 Å². The van der Waals surface area contributed by atoms with Crippen molar-refractivity contribution >= 4 is 17.7 Å². The van der Waals surface area contributed by atoms with Gasteiger partial charge in [-0.15, -0.1) is 0 Å². The molecule has 5 heteroatoms. The van der Waals surface area contributed by atoms with Crippen LogP contribution in [-0.2, 0) is 0 Å². The molecule has 0 heterocycles. The van der Waals surface area contributed by atoms with E-state index >= 15 is 0 Å². The average molecular weight is 269 g/mol. The summed E-state index contributed by atoms with van der Waals surface area (Å²) in [5.74, 6) is 0.388. The molecule has 2 N–H and O–H groups in total. The van der Waals surface area contributed by atoms with Crippen molar-refractivity contribution in [1.29, 1.82) is 0 Å². The Kier molecular flexibility index (Phi) is 5.34. The normalized spacial score (nSPS) is 12.2. The third kappa shape index (κ3) is 3.32. The molecule has 1 atom stereocenters. The minimum Gasteiger partial charge on any atom is -0.508 e. The zero-order valence-corrected chi connectivity index (χ0v) is 11.7. The average Bonchev–Trinajstić information content (AvgIpc) is 2.34. The van der Waals surface area contributed by atoms with Gasteiger partial charge in [0.05, 0.1) is 5.56 Å². The lowest BCUT2D eigenvalue weighted by atomic mass is 10.1. The van der Waals surface area contributed by atoms with E-state index in [0.29, 0.717) is 0 Å². The molecule has 0 saturated heterocycles. The van der Waals surface area contributed by atoms with Crippen LogP contribution in [0.4, 0.5) is 0 Å². The summed E-state index contributed by atoms with van der Waals surface area (Å²) in [6, 6.07) is 4.16. The van der Waals surface area contributed by atoms with Crippen LogP contribution < -0.4 is 0 Å². The molecule has 0 fully saturated rings. The van der Waals surface area contributed by atoms with Crippen molar-refractivity contribution in [3.8, 4) is 11.5 Å². The molecule has 0 aromatic heterocycles. The number of rotatable bonds is 5. The molecule has 1 aromatic rings. The van der Waals surface area contributed by atoms with Crippen molar-refractivity contribution < 1.29 is 15.0 Å². The van der Waals surface area contributed by atoms with Gasteiger partial charge in [0.25, 0.3) is 5.91 Å². The van der Waals surface area contributed by atoms with Crippen LogP contribution in [-0.4, -0.2) is 46.1 Å². The number of thioether (sulfide) groups is 1. The summed E-state index contributed by atoms with van der Waals surface area (Å²) in [4.78, 5) is 13.9. The predicted octanol–water partition coefficient (Wildman–Crippen LogP) is 2.31. The number of carbonyl (C=O) groups excluding carboxylic acids is 1. The molecule has 0 aliphatic heterocycles. The summed E-state index contributed by atoms with van der Waals surface area (Å²) in [5, 5.41) is 18.9. The third-order valence-corrected chi connectivity index (χ3v) is 3.63. The fraction of sp³-hybridized carbons (Fsp3) is 0.462. The summed E-state index contributed by atoms with van der Waals surface area (Å²) >= 11 is 1.69. The number of amides is 1. The fourth-order valence-electron chi connectivity index (χ4n) is 1.75. The minimum absolute atomic E-state index is 0.0529. The molecule has 18 heavy (non-hydrogen) atoms. The maximum Gasteiger partial charge on any atom is 0.257 e. The molecule has 0 saturated carbocycles. The number of nitrogens with zero attached hydrogens (tertiary/aromatic N) is 1. The Morgan fingerprint density at radius 3 is 2.61 bits per heavy atom. The highest BCUT2D eigenvalue weighted by Gasteiger charge is 2.21. The molecular formula is C13H19NO3S. The van der Waals surface area contributed by atoms with Gasteiger partial charge in [0.2, 0.25) is 0 Å². The van der Waals surface area contributed by atoms with E-state index in [9.17, 15) is 15.0 Å². The molecule has 100 valence electrons. The lowest BCUT2D eigenvalue weighted by Crippen LogP contribution is -2.38. The van der Waals surface area contributed by atoms with Crippen LogP contribution in [0.3, 0.4) is 0 Å². The molecule has 4 nitrogen and oxygen atoms in total. The van der Waals surface area contributed by atoms with Gasteiger partial charge >= 0.3 is 0 Å². The van der Waals surface area contributed by atoms with Crippen LogP contribution in [0.5, 0.6) is 11.5 Å². The molecule has 1 amide bonds. The Morgan fingerprint density at radius 1 is 1.44 bits per heavy atom. The smallest absolute Gasteiger partial charge is 0.257 e. The Bertz CT molecular complexity index is 423. The van der Waals surface area contributed by atoms with E-state index < -0.39 is 0 Å². The first kappa shape index (κ1) is 14.7. The first-order chi connectivity index (χ1) is 8.51. The van der Waals surface area contributed by atoms with Gasteiger partial charge in [0, 0.05) is 24.9 Å². The van der Waals surface area contributed by atoms with E-state index in [4.69, 9.17) is 0 Å². The van der Waals surface area contributed by atoms with Crippen molar-refractivity contribution in [3.63, 3.8) is 0 Å². The summed E-state index contributed by atoms with van der Waals surface area (Å²) in [5.41, 5.74) is 0.217.